The van der Waals surface area contributed by atoms with Gasteiger partial charge in [-0.1, -0.05) is 50.5 Å². The van der Waals surface area contributed by atoms with Gasteiger partial charge in [0.15, 0.2) is 0 Å². The zero-order valence-corrected chi connectivity index (χ0v) is 42.9. The molecular weight excluding hydrogens is 907 g/mol. The minimum absolute atomic E-state index is 0.157. The molecular formula is C60H68N11O2+. The molecule has 0 aliphatic heterocycles. The molecule has 3 heterocycles. The second kappa shape index (κ2) is 23.8. The summed E-state index contributed by atoms with van der Waals surface area (Å²) >= 11 is 0. The summed E-state index contributed by atoms with van der Waals surface area (Å²) in [6.45, 7) is 17.3. The number of rotatable bonds is 21. The number of para-hydroxylation sites is 1. The highest BCUT2D eigenvalue weighted by molar-refractivity contribution is 6.13. The maximum Gasteiger partial charge on any atom is 0.252 e. The summed E-state index contributed by atoms with van der Waals surface area (Å²) in [5.41, 5.74) is 31.2. The van der Waals surface area contributed by atoms with Crippen molar-refractivity contribution in [1.82, 2.24) is 30.9 Å². The van der Waals surface area contributed by atoms with Crippen LogP contribution in [-0.4, -0.2) is 58.7 Å². The first-order chi connectivity index (χ1) is 35.3. The molecule has 1 aliphatic carbocycles. The third kappa shape index (κ3) is 12.8. The van der Waals surface area contributed by atoms with Crippen molar-refractivity contribution in [2.24, 2.45) is 4.99 Å². The number of fused-ring (bicyclic) bond motifs is 2. The highest BCUT2D eigenvalue weighted by Crippen LogP contribution is 2.29. The molecule has 0 radical (unpaired) electrons. The standard InChI is InChI=1S/C60H67N11O2/c1-38-29-53(40(3)28-47(38)61)69-54-32-41(4)51(31-43(54)6)63-24-14-7-9-16-26-65-59(72)44-20-22-49(67-36-44)50-23-21-45(37-68-50)60(73)66-27-17-10-8-15-25-64-52-35-58-56(33-42(52)5)70-55-30-39(2)48(62)34-57(55)71(58)46-18-12-11-13-19-46/h11-13,18-23,28-37,63H,6-10,14-17,24-27,61H2,1-5H3,(H4,62,64,65,66,72,73)/p+1. The van der Waals surface area contributed by atoms with E-state index >= 15 is 0 Å². The van der Waals surface area contributed by atoms with Crippen molar-refractivity contribution >= 4 is 62.3 Å². The van der Waals surface area contributed by atoms with Gasteiger partial charge < -0.3 is 32.7 Å². The van der Waals surface area contributed by atoms with E-state index in [4.69, 9.17) is 21.4 Å². The van der Waals surface area contributed by atoms with Crippen LogP contribution >= 0.6 is 0 Å². The van der Waals surface area contributed by atoms with Crippen LogP contribution in [-0.2, 0) is 0 Å². The van der Waals surface area contributed by atoms with E-state index in [1.54, 1.807) is 36.7 Å². The number of nitrogen functional groups attached to an aromatic ring is 2. The maximum absolute atomic E-state index is 12.9. The number of carbonyl (C=O) groups is 2. The molecule has 2 amide bonds. The number of anilines is 3. The number of pyridine rings is 2. The normalized spacial score (nSPS) is 13.0. The first kappa shape index (κ1) is 51.2. The van der Waals surface area contributed by atoms with Crippen LogP contribution in [0.25, 0.3) is 39.1 Å². The molecule has 0 saturated carbocycles. The quantitative estimate of drug-likeness (QED) is 0.0176. The molecule has 374 valence electrons. The average Bonchev–Trinajstić information content (AvgIpc) is 3.38. The summed E-state index contributed by atoms with van der Waals surface area (Å²) in [5.74, 6) is -0.314. The molecule has 0 spiro atoms. The minimum atomic E-state index is -0.158. The van der Waals surface area contributed by atoms with Gasteiger partial charge in [0, 0.05) is 85.6 Å². The zero-order chi connectivity index (χ0) is 51.4. The molecule has 13 heteroatoms. The molecule has 4 aromatic carbocycles. The Kier molecular flexibility index (Phi) is 16.7. The Balaban J connectivity index is 0.699. The highest BCUT2D eigenvalue weighted by Gasteiger charge is 2.22. The summed E-state index contributed by atoms with van der Waals surface area (Å²) in [7, 11) is 0. The molecule has 0 saturated heterocycles. The number of unbranched alkanes of at least 4 members (excludes halogenated alkanes) is 6. The number of aryl methyl sites for hydroxylation is 4. The number of carbonyl (C=O) groups excluding carboxylic acids is 2. The number of aliphatic imine (C=N–C) groups is 1. The van der Waals surface area contributed by atoms with Crippen molar-refractivity contribution in [2.45, 2.75) is 86.0 Å². The summed E-state index contributed by atoms with van der Waals surface area (Å²) in [6, 6.07) is 29.8. The lowest BCUT2D eigenvalue weighted by molar-refractivity contribution is -0.538. The Hall–Kier alpha value is -8.19. The highest BCUT2D eigenvalue weighted by atomic mass is 16.2. The third-order valence-electron chi connectivity index (χ3n) is 13.4. The fraction of sp³-hybridized carbons (Fsp3) is 0.283. The van der Waals surface area contributed by atoms with Gasteiger partial charge in [-0.2, -0.15) is 0 Å². The number of benzene rings is 4. The largest absolute Gasteiger partial charge is 0.399 e. The molecule has 0 unspecified atom stereocenters. The molecule has 13 nitrogen and oxygen atoms in total. The Morgan fingerprint density at radius 3 is 1.74 bits per heavy atom. The van der Waals surface area contributed by atoms with Crippen LogP contribution in [0.2, 0.25) is 0 Å². The van der Waals surface area contributed by atoms with Crippen LogP contribution in [0.5, 0.6) is 0 Å². The van der Waals surface area contributed by atoms with Crippen LogP contribution in [0.15, 0.2) is 144 Å². The van der Waals surface area contributed by atoms with Gasteiger partial charge in [0.1, 0.15) is 11.0 Å². The zero-order valence-electron chi connectivity index (χ0n) is 42.9. The van der Waals surface area contributed by atoms with Crippen molar-refractivity contribution in [3.05, 3.63) is 172 Å². The van der Waals surface area contributed by atoms with E-state index in [-0.39, 0.29) is 11.8 Å². The van der Waals surface area contributed by atoms with Crippen molar-refractivity contribution in [1.29, 1.82) is 0 Å². The van der Waals surface area contributed by atoms with E-state index in [0.717, 1.165) is 160 Å². The first-order valence-corrected chi connectivity index (χ1v) is 25.5. The molecule has 3 aromatic heterocycles. The monoisotopic (exact) mass is 975 g/mol. The second-order valence-corrected chi connectivity index (χ2v) is 19.1. The lowest BCUT2D eigenvalue weighted by Gasteiger charge is -2.18. The number of hydrogen-bond acceptors (Lipinski definition) is 10. The van der Waals surface area contributed by atoms with Crippen molar-refractivity contribution in [2.75, 3.05) is 43.0 Å². The van der Waals surface area contributed by atoms with Crippen LogP contribution in [0, 0.1) is 27.7 Å². The fourth-order valence-electron chi connectivity index (χ4n) is 8.95. The smallest absolute Gasteiger partial charge is 0.252 e. The van der Waals surface area contributed by atoms with E-state index < -0.39 is 0 Å². The van der Waals surface area contributed by atoms with Gasteiger partial charge in [-0.15, -0.1) is 4.57 Å². The van der Waals surface area contributed by atoms with Gasteiger partial charge in [-0.3, -0.25) is 19.6 Å². The third-order valence-corrected chi connectivity index (χ3v) is 13.4. The summed E-state index contributed by atoms with van der Waals surface area (Å²) in [6.07, 6.45) is 15.1. The van der Waals surface area contributed by atoms with E-state index in [9.17, 15) is 9.59 Å². The van der Waals surface area contributed by atoms with Gasteiger partial charge in [0.2, 0.25) is 16.7 Å². The SMILES string of the molecule is C=C1C=C(NCCCCCCNC(=O)c2ccc(-c3ccc(C(=O)NCCCCCCNc4cc5c(cc4C)nc4cc(C)c(N)cc4[n+]5-c4ccccc4)cn3)nc2)C(C)=CC1=Nc1cc(C)c(N)cc1C. The van der Waals surface area contributed by atoms with Crippen LogP contribution in [0.1, 0.15) is 101 Å². The number of allylic oxidation sites excluding steroid dienone is 4. The number of nitrogens with zero attached hydrogens (tertiary/aromatic N) is 5. The fourth-order valence-corrected chi connectivity index (χ4v) is 8.95. The summed E-state index contributed by atoms with van der Waals surface area (Å²) in [4.78, 5) is 44.7. The Labute approximate surface area is 429 Å². The van der Waals surface area contributed by atoms with Crippen molar-refractivity contribution in [3.63, 3.8) is 0 Å². The number of amides is 2. The predicted molar refractivity (Wildman–Crippen MR) is 299 cm³/mol. The number of aromatic nitrogens is 4. The maximum atomic E-state index is 12.9. The van der Waals surface area contributed by atoms with Gasteiger partial charge in [0.25, 0.3) is 11.8 Å². The number of nitrogens with two attached hydrogens (primary N) is 2. The molecule has 0 atom stereocenters. The summed E-state index contributed by atoms with van der Waals surface area (Å²) < 4.78 is 2.24. The van der Waals surface area contributed by atoms with E-state index in [2.05, 4.69) is 98.7 Å². The van der Waals surface area contributed by atoms with Crippen molar-refractivity contribution < 1.29 is 14.2 Å². The lowest BCUT2D eigenvalue weighted by Crippen LogP contribution is -2.33. The molecule has 8 rings (SSSR count). The lowest BCUT2D eigenvalue weighted by atomic mass is 9.98. The van der Waals surface area contributed by atoms with Crippen molar-refractivity contribution in [3.8, 4) is 17.1 Å². The van der Waals surface area contributed by atoms with Gasteiger partial charge in [0.05, 0.1) is 33.9 Å². The molecule has 73 heavy (non-hydrogen) atoms. The Bertz CT molecular complexity index is 3250. The Morgan fingerprint density at radius 2 is 1.14 bits per heavy atom. The second-order valence-electron chi connectivity index (χ2n) is 19.1. The topological polar surface area (TPSA) is 189 Å². The summed E-state index contributed by atoms with van der Waals surface area (Å²) in [5, 5.41) is 13.3. The molecule has 1 aliphatic rings. The van der Waals surface area contributed by atoms with E-state index in [1.165, 1.54) is 0 Å². The predicted octanol–water partition coefficient (Wildman–Crippen LogP) is 11.0. The van der Waals surface area contributed by atoms with Gasteiger partial charge in [-0.25, -0.2) is 9.98 Å². The molecule has 0 fully saturated rings. The van der Waals surface area contributed by atoms with Gasteiger partial charge in [-0.05, 0) is 154 Å². The van der Waals surface area contributed by atoms with E-state index in [0.29, 0.717) is 35.6 Å². The number of hydrogen-bond donors (Lipinski definition) is 6. The van der Waals surface area contributed by atoms with Crippen LogP contribution in [0.3, 0.4) is 0 Å². The van der Waals surface area contributed by atoms with Gasteiger partial charge >= 0.3 is 0 Å². The average molecular weight is 975 g/mol. The molecule has 8 N–H and O–H groups in total. The molecule has 7 aromatic rings. The number of nitrogens with one attached hydrogen (secondary N) is 4. The Morgan fingerprint density at radius 1 is 0.589 bits per heavy atom. The first-order valence-electron chi connectivity index (χ1n) is 25.5. The van der Waals surface area contributed by atoms with Crippen LogP contribution in [0.4, 0.5) is 22.7 Å². The van der Waals surface area contributed by atoms with E-state index in [1.807, 2.05) is 57.2 Å². The minimum Gasteiger partial charge on any atom is -0.399 e. The molecule has 0 bridgehead atoms. The van der Waals surface area contributed by atoms with Crippen LogP contribution < -0.4 is 37.3 Å².